The average Bonchev–Trinajstić information content (AvgIpc) is 2.65. The van der Waals surface area contributed by atoms with Gasteiger partial charge in [0.05, 0.1) is 13.0 Å². The molecule has 0 bridgehead atoms. The third-order valence-corrected chi connectivity index (χ3v) is 3.95. The topological polar surface area (TPSA) is 96.5 Å². The molecule has 0 aromatic heterocycles. The molecule has 7 nitrogen and oxygen atoms in total. The van der Waals surface area contributed by atoms with Crippen LogP contribution < -0.4 is 20.9 Å². The van der Waals surface area contributed by atoms with Crippen LogP contribution in [0.4, 0.5) is 0 Å². The second-order valence-corrected chi connectivity index (χ2v) is 6.61. The standard InChI is InChI=1S/C19H20BrN3O4/c1-13(27-16-9-5-8-15(20)11-16)19(26)23-22-18(25)12-21-17(24)10-14-6-3-2-4-7-14/h2-9,11,13H,10,12H2,1H3,(H,21,24)(H,22,25)(H,23,26)/t13-/m0/s1. The molecule has 0 saturated carbocycles. The SMILES string of the molecule is C[C@H](Oc1cccc(Br)c1)C(=O)NNC(=O)CNC(=O)Cc1ccccc1. The maximum Gasteiger partial charge on any atom is 0.279 e. The third kappa shape index (κ3) is 7.49. The minimum atomic E-state index is -0.813. The number of rotatable bonds is 7. The molecule has 0 aliphatic heterocycles. The van der Waals surface area contributed by atoms with Gasteiger partial charge in [-0.25, -0.2) is 0 Å². The van der Waals surface area contributed by atoms with Crippen LogP contribution in [0, 0.1) is 0 Å². The molecule has 2 aromatic carbocycles. The van der Waals surface area contributed by atoms with Gasteiger partial charge in [0.2, 0.25) is 5.91 Å². The number of nitrogens with one attached hydrogen (secondary N) is 3. The highest BCUT2D eigenvalue weighted by Crippen LogP contribution is 2.18. The van der Waals surface area contributed by atoms with Crippen molar-refractivity contribution in [3.63, 3.8) is 0 Å². The van der Waals surface area contributed by atoms with Crippen molar-refractivity contribution < 1.29 is 19.1 Å². The van der Waals surface area contributed by atoms with Crippen LogP contribution in [0.2, 0.25) is 0 Å². The summed E-state index contributed by atoms with van der Waals surface area (Å²) < 4.78 is 6.32. The lowest BCUT2D eigenvalue weighted by atomic mass is 10.1. The minimum Gasteiger partial charge on any atom is -0.481 e. The van der Waals surface area contributed by atoms with Crippen molar-refractivity contribution in [2.45, 2.75) is 19.4 Å². The van der Waals surface area contributed by atoms with Gasteiger partial charge in [-0.2, -0.15) is 0 Å². The number of ether oxygens (including phenoxy) is 1. The first-order chi connectivity index (χ1) is 12.9. The number of hydrazine groups is 1. The van der Waals surface area contributed by atoms with E-state index in [2.05, 4.69) is 32.1 Å². The van der Waals surface area contributed by atoms with E-state index < -0.39 is 17.9 Å². The molecule has 0 spiro atoms. The van der Waals surface area contributed by atoms with E-state index in [9.17, 15) is 14.4 Å². The van der Waals surface area contributed by atoms with Crippen LogP contribution in [0.5, 0.6) is 5.75 Å². The molecule has 0 aliphatic carbocycles. The molecule has 2 aromatic rings. The molecule has 0 saturated heterocycles. The first-order valence-corrected chi connectivity index (χ1v) is 9.05. The summed E-state index contributed by atoms with van der Waals surface area (Å²) in [6.45, 7) is 1.32. The molecule has 0 radical (unpaired) electrons. The van der Waals surface area contributed by atoms with Gasteiger partial charge in [-0.05, 0) is 30.7 Å². The van der Waals surface area contributed by atoms with E-state index in [-0.39, 0.29) is 18.9 Å². The zero-order valence-electron chi connectivity index (χ0n) is 14.7. The third-order valence-electron chi connectivity index (χ3n) is 3.46. The van der Waals surface area contributed by atoms with Crippen LogP contribution in [0.25, 0.3) is 0 Å². The van der Waals surface area contributed by atoms with E-state index in [1.54, 1.807) is 25.1 Å². The Morgan fingerprint density at radius 2 is 1.74 bits per heavy atom. The van der Waals surface area contributed by atoms with Crippen molar-refractivity contribution in [1.82, 2.24) is 16.2 Å². The first kappa shape index (κ1) is 20.4. The molecule has 1 atom stereocenters. The fraction of sp³-hybridized carbons (Fsp3) is 0.211. The minimum absolute atomic E-state index is 0.179. The number of hydrogen-bond donors (Lipinski definition) is 3. The molecule has 142 valence electrons. The zero-order valence-corrected chi connectivity index (χ0v) is 16.3. The Hall–Kier alpha value is -2.87. The lowest BCUT2D eigenvalue weighted by Gasteiger charge is -2.15. The molecule has 3 N–H and O–H groups in total. The van der Waals surface area contributed by atoms with Gasteiger partial charge in [0, 0.05) is 4.47 Å². The Labute approximate surface area is 165 Å². The van der Waals surface area contributed by atoms with Gasteiger partial charge < -0.3 is 10.1 Å². The quantitative estimate of drug-likeness (QED) is 0.579. The number of halogens is 1. The lowest BCUT2D eigenvalue weighted by molar-refractivity contribution is -0.132. The van der Waals surface area contributed by atoms with Gasteiger partial charge >= 0.3 is 0 Å². The lowest BCUT2D eigenvalue weighted by Crippen LogP contribution is -2.50. The monoisotopic (exact) mass is 433 g/mol. The van der Waals surface area contributed by atoms with E-state index in [4.69, 9.17) is 4.74 Å². The van der Waals surface area contributed by atoms with Gasteiger partial charge in [-0.15, -0.1) is 0 Å². The van der Waals surface area contributed by atoms with Crippen LogP contribution in [0.3, 0.4) is 0 Å². The van der Waals surface area contributed by atoms with Gasteiger partial charge in [-0.1, -0.05) is 52.3 Å². The van der Waals surface area contributed by atoms with E-state index in [1.807, 2.05) is 36.4 Å². The summed E-state index contributed by atoms with van der Waals surface area (Å²) in [5.41, 5.74) is 5.35. The predicted octanol–water partition coefficient (Wildman–Crippen LogP) is 1.72. The molecule has 0 heterocycles. The molecule has 0 unspecified atom stereocenters. The predicted molar refractivity (Wildman–Crippen MR) is 104 cm³/mol. The molecule has 3 amide bonds. The summed E-state index contributed by atoms with van der Waals surface area (Å²) >= 11 is 3.32. The van der Waals surface area contributed by atoms with Crippen molar-refractivity contribution in [3.05, 3.63) is 64.6 Å². The molecular weight excluding hydrogens is 414 g/mol. The fourth-order valence-electron chi connectivity index (χ4n) is 2.10. The zero-order chi connectivity index (χ0) is 19.6. The largest absolute Gasteiger partial charge is 0.481 e. The second kappa shape index (κ2) is 10.3. The number of benzene rings is 2. The van der Waals surface area contributed by atoms with Gasteiger partial charge in [-0.3, -0.25) is 25.2 Å². The smallest absolute Gasteiger partial charge is 0.279 e. The highest BCUT2D eigenvalue weighted by atomic mass is 79.9. The van der Waals surface area contributed by atoms with E-state index >= 15 is 0 Å². The fourth-order valence-corrected chi connectivity index (χ4v) is 2.48. The van der Waals surface area contributed by atoms with Crippen LogP contribution >= 0.6 is 15.9 Å². The van der Waals surface area contributed by atoms with E-state index in [1.165, 1.54) is 0 Å². The number of carbonyl (C=O) groups is 3. The summed E-state index contributed by atoms with van der Waals surface area (Å²) in [6.07, 6.45) is -0.634. The molecular formula is C19H20BrN3O4. The summed E-state index contributed by atoms with van der Waals surface area (Å²) in [7, 11) is 0. The Bertz CT molecular complexity index is 799. The van der Waals surface area contributed by atoms with Crippen molar-refractivity contribution in [1.29, 1.82) is 0 Å². The van der Waals surface area contributed by atoms with Crippen molar-refractivity contribution in [3.8, 4) is 5.75 Å². The van der Waals surface area contributed by atoms with E-state index in [0.29, 0.717) is 5.75 Å². The molecule has 0 fully saturated rings. The molecule has 27 heavy (non-hydrogen) atoms. The van der Waals surface area contributed by atoms with Crippen molar-refractivity contribution in [2.75, 3.05) is 6.54 Å². The summed E-state index contributed by atoms with van der Waals surface area (Å²) in [4.78, 5) is 35.5. The summed E-state index contributed by atoms with van der Waals surface area (Å²) in [6, 6.07) is 16.2. The molecule has 0 aliphatic rings. The average molecular weight is 434 g/mol. The van der Waals surface area contributed by atoms with Gasteiger partial charge in [0.25, 0.3) is 11.8 Å². The molecule has 2 rings (SSSR count). The van der Waals surface area contributed by atoms with Crippen LogP contribution in [0.1, 0.15) is 12.5 Å². The van der Waals surface area contributed by atoms with Crippen LogP contribution in [-0.4, -0.2) is 30.4 Å². The summed E-state index contributed by atoms with van der Waals surface area (Å²) in [5, 5.41) is 2.49. The maximum atomic E-state index is 12.0. The number of carbonyl (C=O) groups excluding carboxylic acids is 3. The van der Waals surface area contributed by atoms with Gasteiger partial charge in [0.1, 0.15) is 5.75 Å². The number of hydrogen-bond acceptors (Lipinski definition) is 4. The number of amides is 3. The van der Waals surface area contributed by atoms with Crippen molar-refractivity contribution >= 4 is 33.7 Å². The Morgan fingerprint density at radius 1 is 1.00 bits per heavy atom. The molecule has 8 heteroatoms. The van der Waals surface area contributed by atoms with Crippen LogP contribution in [0.15, 0.2) is 59.1 Å². The maximum absolute atomic E-state index is 12.0. The first-order valence-electron chi connectivity index (χ1n) is 8.25. The summed E-state index contributed by atoms with van der Waals surface area (Å²) in [5.74, 6) is -0.820. The second-order valence-electron chi connectivity index (χ2n) is 5.69. The Kier molecular flexibility index (Phi) is 7.81. The van der Waals surface area contributed by atoms with Gasteiger partial charge in [0.15, 0.2) is 6.10 Å². The Balaban J connectivity index is 1.68. The Morgan fingerprint density at radius 3 is 2.44 bits per heavy atom. The highest BCUT2D eigenvalue weighted by molar-refractivity contribution is 9.10. The highest BCUT2D eigenvalue weighted by Gasteiger charge is 2.15. The normalized spacial score (nSPS) is 11.2. The van der Waals surface area contributed by atoms with Crippen molar-refractivity contribution in [2.24, 2.45) is 0 Å². The van der Waals surface area contributed by atoms with Crippen LogP contribution in [-0.2, 0) is 20.8 Å². The van der Waals surface area contributed by atoms with E-state index in [0.717, 1.165) is 10.0 Å².